The summed E-state index contributed by atoms with van der Waals surface area (Å²) in [6.45, 7) is 3.53. The number of rotatable bonds is 1. The first kappa shape index (κ1) is 22.4. The first-order valence-corrected chi connectivity index (χ1v) is 1.92. The fourth-order valence-corrected chi connectivity index (χ4v) is 0. The molecule has 0 aliphatic carbocycles. The van der Waals surface area contributed by atoms with Gasteiger partial charge in [0.2, 0.25) is 0 Å². The minimum absolute atomic E-state index is 0. The summed E-state index contributed by atoms with van der Waals surface area (Å²) in [6.07, 6.45) is 0. The van der Waals surface area contributed by atoms with Crippen molar-refractivity contribution in [1.82, 2.24) is 0 Å². The Bertz CT molecular complexity index is 64.8. The van der Waals surface area contributed by atoms with Crippen LogP contribution in [0.1, 0.15) is 13.8 Å². The third-order valence-corrected chi connectivity index (χ3v) is 0.547. The standard InChI is InChI=1S/C4H8N2.3Re/c1-3(2)4(5)6;;;/h3H,1-2H3,(H-2,5,6);;;/q-2;;;. The summed E-state index contributed by atoms with van der Waals surface area (Å²) >= 11 is 0. The van der Waals surface area contributed by atoms with E-state index in [4.69, 9.17) is 11.1 Å². The molecule has 0 aromatic rings. The Kier molecular flexibility index (Phi) is 30.3. The number of hydrogen-bond acceptors (Lipinski definition) is 0. The van der Waals surface area contributed by atoms with Crippen LogP contribution in [-0.4, -0.2) is 5.84 Å². The van der Waals surface area contributed by atoms with Crippen LogP contribution in [0.3, 0.4) is 0 Å². The zero-order valence-electron chi connectivity index (χ0n) is 5.16. The maximum Gasteiger partial charge on any atom is 0 e. The molecule has 0 rings (SSSR count). The molecular weight excluding hydrogens is 635 g/mol. The molecule has 0 aromatic carbocycles. The van der Waals surface area contributed by atoms with Gasteiger partial charge in [-0.15, -0.1) is 0 Å². The Morgan fingerprint density at radius 3 is 1.33 bits per heavy atom. The molecule has 0 aromatic heterocycles. The SMILES string of the molecule is CC(C)C(=[N-])[NH-].[Re].[Re].[Re]. The van der Waals surface area contributed by atoms with E-state index < -0.39 is 0 Å². The van der Waals surface area contributed by atoms with Gasteiger partial charge in [0.05, 0.1) is 0 Å². The topological polar surface area (TPSA) is 46.1 Å². The van der Waals surface area contributed by atoms with Gasteiger partial charge in [0, 0.05) is 61.3 Å². The van der Waals surface area contributed by atoms with Crippen molar-refractivity contribution in [2.45, 2.75) is 13.8 Å². The van der Waals surface area contributed by atoms with Gasteiger partial charge in [-0.25, -0.2) is 0 Å². The molecule has 0 aliphatic rings. The third kappa shape index (κ3) is 17.7. The monoisotopic (exact) mass is 645 g/mol. The summed E-state index contributed by atoms with van der Waals surface area (Å²) in [4.78, 5) is 0. The maximum absolute atomic E-state index is 8.21. The summed E-state index contributed by atoms with van der Waals surface area (Å²) < 4.78 is 0. The van der Waals surface area contributed by atoms with Crippen molar-refractivity contribution in [2.24, 2.45) is 5.92 Å². The molecule has 9 heavy (non-hydrogen) atoms. The Morgan fingerprint density at radius 2 is 1.33 bits per heavy atom. The van der Waals surface area contributed by atoms with Gasteiger partial charge in [-0.3, -0.25) is 0 Å². The van der Waals surface area contributed by atoms with Crippen LogP contribution in [0, 0.1) is 5.92 Å². The summed E-state index contributed by atoms with van der Waals surface area (Å²) in [5.41, 5.74) is 6.50. The van der Waals surface area contributed by atoms with Gasteiger partial charge >= 0.3 is 0 Å². The fourth-order valence-electron chi connectivity index (χ4n) is 0. The summed E-state index contributed by atoms with van der Waals surface area (Å²) in [5.74, 6) is -0.250. The largest absolute Gasteiger partial charge is 0.828 e. The molecule has 57 valence electrons. The molecule has 0 saturated heterocycles. The van der Waals surface area contributed by atoms with Crippen LogP contribution in [-0.2, 0) is 61.3 Å². The Hall–Kier alpha value is 1.46. The van der Waals surface area contributed by atoms with Gasteiger partial charge in [0.1, 0.15) is 0 Å². The van der Waals surface area contributed by atoms with Gasteiger partial charge < -0.3 is 17.0 Å². The van der Waals surface area contributed by atoms with Gasteiger partial charge in [-0.05, 0) is 0 Å². The van der Waals surface area contributed by atoms with Crippen molar-refractivity contribution < 1.29 is 61.3 Å². The molecule has 0 bridgehead atoms. The molecular formula is C4H8N2Re3-2. The van der Waals surface area contributed by atoms with Crippen molar-refractivity contribution in [2.75, 3.05) is 0 Å². The predicted molar refractivity (Wildman–Crippen MR) is 27.5 cm³/mol. The van der Waals surface area contributed by atoms with Gasteiger partial charge in [-0.1, -0.05) is 19.8 Å². The molecule has 0 heterocycles. The van der Waals surface area contributed by atoms with E-state index in [9.17, 15) is 0 Å². The van der Waals surface area contributed by atoms with E-state index >= 15 is 0 Å². The molecule has 0 aliphatic heterocycles. The molecule has 5 heteroatoms. The number of amidine groups is 1. The van der Waals surface area contributed by atoms with Crippen molar-refractivity contribution >= 4 is 5.84 Å². The second kappa shape index (κ2) is 12.2. The van der Waals surface area contributed by atoms with Crippen molar-refractivity contribution in [3.8, 4) is 0 Å². The van der Waals surface area contributed by atoms with E-state index in [0.717, 1.165) is 0 Å². The Morgan fingerprint density at radius 1 is 1.22 bits per heavy atom. The van der Waals surface area contributed by atoms with Crippen LogP contribution in [0.25, 0.3) is 11.1 Å². The first-order chi connectivity index (χ1) is 2.64. The van der Waals surface area contributed by atoms with Gasteiger partial charge in [0.15, 0.2) is 0 Å². The molecule has 0 atom stereocenters. The van der Waals surface area contributed by atoms with E-state index in [2.05, 4.69) is 0 Å². The van der Waals surface area contributed by atoms with E-state index in [1.807, 2.05) is 0 Å². The smallest absolute Gasteiger partial charge is 0 e. The fraction of sp³-hybridized carbons (Fsp3) is 0.750. The van der Waals surface area contributed by atoms with Crippen LogP contribution in [0.4, 0.5) is 0 Å². The normalized spacial score (nSPS) is 6.11. The Balaban J connectivity index is -0.0000000417. The van der Waals surface area contributed by atoms with Crippen LogP contribution >= 0.6 is 0 Å². The predicted octanol–water partition coefficient (Wildman–Crippen LogP) is 1.66. The molecule has 0 unspecified atom stereocenters. The third-order valence-electron chi connectivity index (χ3n) is 0.547. The molecule has 3 radical (unpaired) electrons. The van der Waals surface area contributed by atoms with Crippen molar-refractivity contribution in [3.63, 3.8) is 0 Å². The van der Waals surface area contributed by atoms with Crippen molar-refractivity contribution in [1.29, 1.82) is 0 Å². The van der Waals surface area contributed by atoms with Crippen LogP contribution in [0.5, 0.6) is 0 Å². The summed E-state index contributed by atoms with van der Waals surface area (Å²) in [7, 11) is 0. The quantitative estimate of drug-likeness (QED) is 0.309. The average Bonchev–Trinajstić information content (AvgIpc) is 1.36. The molecule has 0 spiro atoms. The van der Waals surface area contributed by atoms with Gasteiger partial charge in [-0.2, -0.15) is 0 Å². The minimum atomic E-state index is -0.241. The molecule has 1 N–H and O–H groups in total. The average molecular weight is 643 g/mol. The molecule has 2 nitrogen and oxygen atoms in total. The maximum atomic E-state index is 8.21. The Labute approximate surface area is 97.2 Å². The summed E-state index contributed by atoms with van der Waals surface area (Å²) in [5, 5.41) is 8.21. The van der Waals surface area contributed by atoms with E-state index in [1.54, 1.807) is 13.8 Å². The summed E-state index contributed by atoms with van der Waals surface area (Å²) in [6, 6.07) is 0. The zero-order chi connectivity index (χ0) is 5.15. The number of hydrogen-bond donors (Lipinski definition) is 0. The van der Waals surface area contributed by atoms with Gasteiger partial charge in [0.25, 0.3) is 0 Å². The zero-order valence-corrected chi connectivity index (χ0v) is 13.3. The molecule has 0 saturated carbocycles. The second-order valence-corrected chi connectivity index (χ2v) is 1.54. The second-order valence-electron chi connectivity index (χ2n) is 1.54. The van der Waals surface area contributed by atoms with Crippen LogP contribution in [0.15, 0.2) is 0 Å². The first-order valence-electron chi connectivity index (χ1n) is 1.92. The molecule has 0 fully saturated rings. The van der Waals surface area contributed by atoms with E-state index in [0.29, 0.717) is 0 Å². The van der Waals surface area contributed by atoms with Crippen LogP contribution < -0.4 is 0 Å². The van der Waals surface area contributed by atoms with Crippen LogP contribution in [0.2, 0.25) is 0 Å². The van der Waals surface area contributed by atoms with Crippen molar-refractivity contribution in [3.05, 3.63) is 11.1 Å². The van der Waals surface area contributed by atoms with E-state index in [1.165, 1.54) is 0 Å². The minimum Gasteiger partial charge on any atom is -0.828 e. The number of nitrogens with one attached hydrogen (secondary N) is 1. The number of nitrogens with zero attached hydrogens (tertiary/aromatic N) is 1. The van der Waals surface area contributed by atoms with E-state index in [-0.39, 0.29) is 73.0 Å². The molecule has 0 amide bonds.